The van der Waals surface area contributed by atoms with Crippen LogP contribution in [0.25, 0.3) is 0 Å². The minimum absolute atomic E-state index is 0.168. The van der Waals surface area contributed by atoms with Crippen molar-refractivity contribution >= 4 is 33.5 Å². The summed E-state index contributed by atoms with van der Waals surface area (Å²) in [5.41, 5.74) is 0.647. The summed E-state index contributed by atoms with van der Waals surface area (Å²) in [4.78, 5) is 14.5. The van der Waals surface area contributed by atoms with Gasteiger partial charge in [-0.3, -0.25) is 0 Å². The van der Waals surface area contributed by atoms with Gasteiger partial charge in [-0.2, -0.15) is 0 Å². The number of halogens is 2. The Morgan fingerprint density at radius 3 is 2.83 bits per heavy atom. The van der Waals surface area contributed by atoms with Crippen LogP contribution in [0.5, 0.6) is 0 Å². The molecule has 0 aromatic carbocycles. The molecular formula is C7H5BrClNO2. The van der Waals surface area contributed by atoms with Crippen LogP contribution in [0.15, 0.2) is 10.7 Å². The molecule has 1 heterocycles. The van der Waals surface area contributed by atoms with Gasteiger partial charge >= 0.3 is 5.97 Å². The highest BCUT2D eigenvalue weighted by atomic mass is 79.9. The van der Waals surface area contributed by atoms with Crippen LogP contribution in [0.2, 0.25) is 5.15 Å². The van der Waals surface area contributed by atoms with E-state index in [0.29, 0.717) is 10.2 Å². The molecule has 1 N–H and O–H groups in total. The summed E-state index contributed by atoms with van der Waals surface area (Å²) in [5, 5.41) is 8.92. The second kappa shape index (κ2) is 3.41. The van der Waals surface area contributed by atoms with E-state index in [9.17, 15) is 4.79 Å². The summed E-state index contributed by atoms with van der Waals surface area (Å²) in [6.45, 7) is 1.62. The monoisotopic (exact) mass is 249 g/mol. The Morgan fingerprint density at radius 2 is 2.33 bits per heavy atom. The second-order valence-corrected chi connectivity index (χ2v) is 3.38. The average Bonchev–Trinajstić information content (AvgIpc) is 1.96. The van der Waals surface area contributed by atoms with Crippen LogP contribution in [-0.4, -0.2) is 16.1 Å². The first-order valence-corrected chi connectivity index (χ1v) is 4.25. The number of aromatic carboxylic acids is 1. The number of rotatable bonds is 1. The lowest BCUT2D eigenvalue weighted by Crippen LogP contribution is -2.01. The molecule has 0 saturated carbocycles. The molecule has 12 heavy (non-hydrogen) atoms. The zero-order valence-corrected chi connectivity index (χ0v) is 8.48. The molecule has 64 valence electrons. The summed E-state index contributed by atoms with van der Waals surface area (Å²) in [6.07, 6.45) is 0. The van der Waals surface area contributed by atoms with Crippen molar-refractivity contribution in [3.8, 4) is 0 Å². The molecule has 1 rings (SSSR count). The van der Waals surface area contributed by atoms with E-state index in [-0.39, 0.29) is 10.7 Å². The van der Waals surface area contributed by atoms with Crippen LogP contribution in [0.1, 0.15) is 15.9 Å². The number of carboxylic acid groups (broad SMARTS) is 1. The molecule has 0 unspecified atom stereocenters. The predicted molar refractivity (Wildman–Crippen MR) is 48.6 cm³/mol. The fraction of sp³-hybridized carbons (Fsp3) is 0.143. The SMILES string of the molecule is Cc1c(C(=O)O)cc(Br)nc1Cl. The van der Waals surface area contributed by atoms with Crippen molar-refractivity contribution < 1.29 is 9.90 Å². The minimum atomic E-state index is -1.00. The van der Waals surface area contributed by atoms with Crippen molar-refractivity contribution in [3.63, 3.8) is 0 Å². The number of aromatic nitrogens is 1. The highest BCUT2D eigenvalue weighted by Gasteiger charge is 2.11. The Kier molecular flexibility index (Phi) is 2.69. The Labute approximate surface area is 82.5 Å². The van der Waals surface area contributed by atoms with Gasteiger partial charge < -0.3 is 5.11 Å². The molecule has 0 spiro atoms. The zero-order valence-electron chi connectivity index (χ0n) is 6.14. The van der Waals surface area contributed by atoms with E-state index >= 15 is 0 Å². The molecular weight excluding hydrogens is 245 g/mol. The average molecular weight is 250 g/mol. The molecule has 0 amide bonds. The molecule has 0 aliphatic heterocycles. The third kappa shape index (κ3) is 1.76. The molecule has 5 heteroatoms. The van der Waals surface area contributed by atoms with Gasteiger partial charge in [0.25, 0.3) is 0 Å². The van der Waals surface area contributed by atoms with Crippen molar-refractivity contribution in [1.82, 2.24) is 4.98 Å². The van der Waals surface area contributed by atoms with Crippen molar-refractivity contribution in [3.05, 3.63) is 26.9 Å². The first kappa shape index (κ1) is 9.48. The summed E-state index contributed by atoms with van der Waals surface area (Å²) in [7, 11) is 0. The third-order valence-corrected chi connectivity index (χ3v) is 2.19. The quantitative estimate of drug-likeness (QED) is 0.779. The van der Waals surface area contributed by atoms with Gasteiger partial charge in [0.1, 0.15) is 9.76 Å². The lowest BCUT2D eigenvalue weighted by molar-refractivity contribution is 0.0696. The number of nitrogens with zero attached hydrogens (tertiary/aromatic N) is 1. The van der Waals surface area contributed by atoms with Gasteiger partial charge in [0, 0.05) is 5.56 Å². The lowest BCUT2D eigenvalue weighted by Gasteiger charge is -2.02. The number of hydrogen-bond donors (Lipinski definition) is 1. The van der Waals surface area contributed by atoms with E-state index in [1.807, 2.05) is 0 Å². The molecule has 0 aliphatic rings. The summed E-state index contributed by atoms with van der Waals surface area (Å²) in [5.74, 6) is -1.00. The van der Waals surface area contributed by atoms with Crippen molar-refractivity contribution in [2.75, 3.05) is 0 Å². The fourth-order valence-corrected chi connectivity index (χ4v) is 1.47. The summed E-state index contributed by atoms with van der Waals surface area (Å²) >= 11 is 8.72. The molecule has 0 saturated heterocycles. The maximum absolute atomic E-state index is 10.6. The smallest absolute Gasteiger partial charge is 0.336 e. The van der Waals surface area contributed by atoms with E-state index in [1.54, 1.807) is 6.92 Å². The number of carboxylic acids is 1. The van der Waals surface area contributed by atoms with Gasteiger partial charge in [-0.1, -0.05) is 11.6 Å². The minimum Gasteiger partial charge on any atom is -0.478 e. The zero-order chi connectivity index (χ0) is 9.30. The standard InChI is InChI=1S/C7H5BrClNO2/c1-3-4(7(11)12)2-5(8)10-6(3)9/h2H,1H3,(H,11,12). The van der Waals surface area contributed by atoms with Crippen LogP contribution in [0, 0.1) is 6.92 Å². The number of pyridine rings is 1. The molecule has 0 bridgehead atoms. The first-order chi connectivity index (χ1) is 5.52. The predicted octanol–water partition coefficient (Wildman–Crippen LogP) is 2.50. The molecule has 0 radical (unpaired) electrons. The van der Waals surface area contributed by atoms with Gasteiger partial charge in [-0.25, -0.2) is 9.78 Å². The van der Waals surface area contributed by atoms with Crippen LogP contribution in [-0.2, 0) is 0 Å². The normalized spacial score (nSPS) is 9.92. The second-order valence-electron chi connectivity index (χ2n) is 2.21. The van der Waals surface area contributed by atoms with E-state index in [4.69, 9.17) is 16.7 Å². The summed E-state index contributed by atoms with van der Waals surface area (Å²) in [6, 6.07) is 1.42. The third-order valence-electron chi connectivity index (χ3n) is 1.41. The van der Waals surface area contributed by atoms with E-state index < -0.39 is 5.97 Å². The maximum atomic E-state index is 10.6. The molecule has 0 aliphatic carbocycles. The van der Waals surface area contributed by atoms with E-state index in [2.05, 4.69) is 20.9 Å². The van der Waals surface area contributed by atoms with Gasteiger partial charge in [0.05, 0.1) is 5.56 Å². The molecule has 0 atom stereocenters. The van der Waals surface area contributed by atoms with Gasteiger partial charge in [0.2, 0.25) is 0 Å². The van der Waals surface area contributed by atoms with Crippen molar-refractivity contribution in [1.29, 1.82) is 0 Å². The van der Waals surface area contributed by atoms with Crippen LogP contribution in [0.4, 0.5) is 0 Å². The largest absolute Gasteiger partial charge is 0.478 e. The highest BCUT2D eigenvalue weighted by molar-refractivity contribution is 9.10. The van der Waals surface area contributed by atoms with Crippen molar-refractivity contribution in [2.24, 2.45) is 0 Å². The number of hydrogen-bond acceptors (Lipinski definition) is 2. The van der Waals surface area contributed by atoms with Gasteiger partial charge in [-0.15, -0.1) is 0 Å². The molecule has 1 aromatic heterocycles. The summed E-state index contributed by atoms with van der Waals surface area (Å²) < 4.78 is 0.426. The topological polar surface area (TPSA) is 50.2 Å². The van der Waals surface area contributed by atoms with Crippen molar-refractivity contribution in [2.45, 2.75) is 6.92 Å². The first-order valence-electron chi connectivity index (χ1n) is 3.08. The Morgan fingerprint density at radius 1 is 1.75 bits per heavy atom. The Hall–Kier alpha value is -0.610. The fourth-order valence-electron chi connectivity index (χ4n) is 0.771. The maximum Gasteiger partial charge on any atom is 0.336 e. The molecule has 1 aromatic rings. The van der Waals surface area contributed by atoms with E-state index in [0.717, 1.165) is 0 Å². The highest BCUT2D eigenvalue weighted by Crippen LogP contribution is 2.20. The van der Waals surface area contributed by atoms with Gasteiger partial charge in [0.15, 0.2) is 0 Å². The molecule has 0 fully saturated rings. The lowest BCUT2D eigenvalue weighted by atomic mass is 10.2. The van der Waals surface area contributed by atoms with E-state index in [1.165, 1.54) is 6.07 Å². The van der Waals surface area contributed by atoms with Crippen LogP contribution >= 0.6 is 27.5 Å². The Bertz CT molecular complexity index is 340. The molecule has 3 nitrogen and oxygen atoms in total. The van der Waals surface area contributed by atoms with Gasteiger partial charge in [-0.05, 0) is 28.9 Å². The van der Waals surface area contributed by atoms with Crippen LogP contribution in [0.3, 0.4) is 0 Å². The number of carbonyl (C=O) groups is 1. The van der Waals surface area contributed by atoms with Crippen LogP contribution < -0.4 is 0 Å². The Balaban J connectivity index is 3.37.